The van der Waals surface area contributed by atoms with Crippen molar-refractivity contribution in [2.75, 3.05) is 14.7 Å². The molecule has 0 amide bonds. The van der Waals surface area contributed by atoms with E-state index in [4.69, 9.17) is 4.42 Å². The third-order valence-corrected chi connectivity index (χ3v) is 44.9. The maximum absolute atomic E-state index is 6.40. The number of para-hydroxylation sites is 1. The van der Waals surface area contributed by atoms with Crippen LogP contribution in [0.25, 0.3) is 62.3 Å². The maximum atomic E-state index is 6.40. The largest absolute Gasteiger partial charge is 0.456 e. The third kappa shape index (κ3) is 13.6. The molecule has 3 heterocycles. The first kappa shape index (κ1) is 83.0. The first-order valence-corrected chi connectivity index (χ1v) is 57.2. The van der Waals surface area contributed by atoms with Gasteiger partial charge in [0.1, 0.15) is 11.2 Å². The van der Waals surface area contributed by atoms with Gasteiger partial charge in [-0.1, -0.05) is 152 Å². The van der Waals surface area contributed by atoms with E-state index in [9.17, 15) is 0 Å². The fourth-order valence-electron chi connectivity index (χ4n) is 39.6. The van der Waals surface area contributed by atoms with E-state index in [1.165, 1.54) is 333 Å². The summed E-state index contributed by atoms with van der Waals surface area (Å²) in [6.45, 7) is 0. The van der Waals surface area contributed by atoms with E-state index in [1.54, 1.807) is 33.4 Å². The van der Waals surface area contributed by atoms with Gasteiger partial charge in [-0.05, 0) is 525 Å². The quantitative estimate of drug-likeness (QED) is 0.102. The SMILES string of the molecule is c1ccc2c(c1)oc1cccc(N(c3ccc(C45CC6CC(CC(C6)C4)C5)cc3)c3ccc(C45CC6CC(CC(C6)C4)C5)cc3)c12.c1ccc2c(c1)sc1c(N(c3ccc(C45CC6CC(CC(C6)C4)C5)cc3)c3ccc(C45CC6CC(CC(C6)C4)C5)cc3)cccc12.c1ccc2c(c1)sc1cc(N(c3ccc(C45CC6CC(CC(C6)C4)C5)cc3)c3ccc(C45CC6CC(CC(C6)C4)C5)cc3)ccc12. The summed E-state index contributed by atoms with van der Waals surface area (Å²) < 4.78 is 11.9. The number of hydrogen-bond donors (Lipinski definition) is 0. The molecule has 0 atom stereocenters. The minimum absolute atomic E-state index is 0.415. The molecule has 24 aliphatic carbocycles. The Morgan fingerprint density at radius 1 is 0.188 bits per heavy atom. The number of hydrogen-bond acceptors (Lipinski definition) is 6. The molecule has 0 aliphatic heterocycles. The lowest BCUT2D eigenvalue weighted by molar-refractivity contribution is -0.00531. The van der Waals surface area contributed by atoms with Crippen LogP contribution in [0.3, 0.4) is 0 Å². The first-order chi connectivity index (χ1) is 67.8. The molecule has 12 aromatic carbocycles. The molecule has 0 saturated heterocycles. The molecule has 39 rings (SSSR count). The zero-order valence-electron chi connectivity index (χ0n) is 80.9. The van der Waals surface area contributed by atoms with Gasteiger partial charge in [0.05, 0.1) is 21.5 Å². The molecule has 138 heavy (non-hydrogen) atoms. The highest BCUT2D eigenvalue weighted by atomic mass is 32.1. The fourth-order valence-corrected chi connectivity index (χ4v) is 41.9. The van der Waals surface area contributed by atoms with Crippen molar-refractivity contribution in [3.8, 4) is 0 Å². The Morgan fingerprint density at radius 3 is 0.761 bits per heavy atom. The molecular weight excluding hydrogens is 1710 g/mol. The highest BCUT2D eigenvalue weighted by molar-refractivity contribution is 7.26. The maximum Gasteiger partial charge on any atom is 0.137 e. The summed E-state index contributed by atoms with van der Waals surface area (Å²) >= 11 is 3.87. The Bertz CT molecular complexity index is 6780. The van der Waals surface area contributed by atoms with E-state index in [0.717, 1.165) is 118 Å². The Balaban J connectivity index is 0.0000000959. The Hall–Kier alpha value is -9.72. The van der Waals surface area contributed by atoms with E-state index in [1.807, 2.05) is 22.7 Å². The van der Waals surface area contributed by atoms with Crippen LogP contribution >= 0.6 is 22.7 Å². The van der Waals surface area contributed by atoms with E-state index < -0.39 is 0 Å². The standard InChI is InChI=1S/C44H45NO.2C44H45NS/c1-2-6-40-38(4-1)42-39(5-3-7-41(42)46-40)45(36-12-8-34(9-13-36)43-22-28-16-29(23-43)18-30(17-28)24-43)37-14-10-35(11-15-37)44-25-31-19-32(26-44)21-33(20-31)27-44;1-2-7-41-38(4-1)39-5-3-6-40(42(39)46-41)45(36-12-8-34(9-13-36)43-22-28-16-29(23-43)18-30(17-28)24-43)37-14-10-35(11-15-37)44-25-31-19-32(26-44)21-33(20-31)27-44;1-2-4-41-39(3-1)40-14-13-38(21-42(40)46-41)45(36-9-5-34(6-10-36)43-22-28-15-29(23-43)17-30(16-28)24-43)37-11-7-35(8-12-37)44-25-31-18-32(26-44)20-33(19-31)27-44/h2*1-15,28-33H,16-27H2;1-14,21,28-33H,15-20,22-27H2. The molecule has 3 aromatic heterocycles. The Morgan fingerprint density at radius 2 is 0.428 bits per heavy atom. The lowest BCUT2D eigenvalue weighted by Gasteiger charge is -2.57. The average molecular weight is 1840 g/mol. The molecule has 24 saturated carbocycles. The van der Waals surface area contributed by atoms with Crippen LogP contribution in [0.2, 0.25) is 0 Å². The second-order valence-corrected chi connectivity index (χ2v) is 53.4. The lowest BCUT2D eigenvalue weighted by Crippen LogP contribution is -2.48. The monoisotopic (exact) mass is 1840 g/mol. The molecule has 0 N–H and O–H groups in total. The molecule has 15 aromatic rings. The number of nitrogens with zero attached hydrogens (tertiary/aromatic N) is 3. The van der Waals surface area contributed by atoms with E-state index >= 15 is 0 Å². The van der Waals surface area contributed by atoms with Crippen LogP contribution < -0.4 is 14.7 Å². The summed E-state index contributed by atoms with van der Waals surface area (Å²) in [6, 6.07) is 107. The van der Waals surface area contributed by atoms with E-state index in [-0.39, 0.29) is 0 Å². The van der Waals surface area contributed by atoms with Gasteiger partial charge in [-0.25, -0.2) is 0 Å². The number of rotatable bonds is 15. The van der Waals surface area contributed by atoms with Crippen LogP contribution in [0.1, 0.15) is 265 Å². The van der Waals surface area contributed by atoms with Crippen molar-refractivity contribution in [2.45, 2.75) is 264 Å². The second-order valence-electron chi connectivity index (χ2n) is 51.3. The van der Waals surface area contributed by atoms with Gasteiger partial charge in [-0.15, -0.1) is 22.7 Å². The number of thiophene rings is 2. The van der Waals surface area contributed by atoms with Crippen molar-refractivity contribution in [1.29, 1.82) is 0 Å². The van der Waals surface area contributed by atoms with Gasteiger partial charge < -0.3 is 19.1 Å². The molecule has 4 nitrogen and oxygen atoms in total. The zero-order valence-corrected chi connectivity index (χ0v) is 82.5. The van der Waals surface area contributed by atoms with Crippen molar-refractivity contribution in [3.63, 3.8) is 0 Å². The lowest BCUT2D eigenvalue weighted by atomic mass is 9.48. The normalized spacial score (nSPS) is 35.4. The Kier molecular flexibility index (Phi) is 18.9. The highest BCUT2D eigenvalue weighted by Crippen LogP contribution is 2.69. The Labute approximate surface area is 825 Å². The van der Waals surface area contributed by atoms with Crippen molar-refractivity contribution in [2.24, 2.45) is 107 Å². The number of benzene rings is 12. The van der Waals surface area contributed by atoms with Crippen molar-refractivity contribution in [3.05, 3.63) is 306 Å². The third-order valence-electron chi connectivity index (χ3n) is 42.5. The molecule has 0 radical (unpaired) electrons. The predicted molar refractivity (Wildman–Crippen MR) is 576 cm³/mol. The molecule has 24 fully saturated rings. The summed E-state index contributed by atoms with van der Waals surface area (Å²) in [7, 11) is 0. The average Bonchev–Trinajstić information content (AvgIpc) is 1.64. The summed E-state index contributed by atoms with van der Waals surface area (Å²) in [5.41, 5.74) is 25.6. The molecule has 696 valence electrons. The van der Waals surface area contributed by atoms with Gasteiger partial charge in [0.25, 0.3) is 0 Å². The van der Waals surface area contributed by atoms with Crippen molar-refractivity contribution < 1.29 is 4.42 Å². The molecule has 0 spiro atoms. The molecule has 0 unspecified atom stereocenters. The number of furan rings is 1. The molecule has 6 heteroatoms. The van der Waals surface area contributed by atoms with Gasteiger partial charge in [0.15, 0.2) is 0 Å². The van der Waals surface area contributed by atoms with Gasteiger partial charge in [-0.3, -0.25) is 0 Å². The van der Waals surface area contributed by atoms with Crippen LogP contribution in [0.15, 0.2) is 277 Å². The van der Waals surface area contributed by atoms with Gasteiger partial charge >= 0.3 is 0 Å². The molecule has 24 bridgehead atoms. The summed E-state index contributed by atoms with van der Waals surface area (Å²) in [4.78, 5) is 7.62. The fraction of sp³-hybridized carbons (Fsp3) is 0.455. The van der Waals surface area contributed by atoms with Crippen LogP contribution in [0, 0.1) is 107 Å². The topological polar surface area (TPSA) is 22.9 Å². The van der Waals surface area contributed by atoms with E-state index in [0.29, 0.717) is 32.5 Å². The summed E-state index contributed by atoms with van der Waals surface area (Å²) in [5.74, 6) is 17.4. The predicted octanol–water partition coefficient (Wildman–Crippen LogP) is 36.9. The van der Waals surface area contributed by atoms with Crippen LogP contribution in [-0.2, 0) is 32.5 Å². The van der Waals surface area contributed by atoms with Crippen LogP contribution in [0.4, 0.5) is 51.2 Å². The number of fused-ring (bicyclic) bond motifs is 9. The number of anilines is 9. The highest BCUT2D eigenvalue weighted by Gasteiger charge is 2.58. The van der Waals surface area contributed by atoms with Gasteiger partial charge in [0, 0.05) is 80.8 Å². The van der Waals surface area contributed by atoms with Crippen LogP contribution in [-0.4, -0.2) is 0 Å². The van der Waals surface area contributed by atoms with Gasteiger partial charge in [0.2, 0.25) is 0 Å². The van der Waals surface area contributed by atoms with Crippen molar-refractivity contribution >= 4 is 136 Å². The van der Waals surface area contributed by atoms with Crippen LogP contribution in [0.5, 0.6) is 0 Å². The summed E-state index contributed by atoms with van der Waals surface area (Å²) in [5, 5.41) is 7.89. The zero-order chi connectivity index (χ0) is 90.1. The molecular formula is C132H135N3OS2. The summed E-state index contributed by atoms with van der Waals surface area (Å²) in [6.07, 6.45) is 52.6. The smallest absolute Gasteiger partial charge is 0.137 e. The second kappa shape index (κ2) is 31.4. The minimum atomic E-state index is 0.415. The van der Waals surface area contributed by atoms with Gasteiger partial charge in [-0.2, -0.15) is 0 Å². The molecule has 24 aliphatic rings. The minimum Gasteiger partial charge on any atom is -0.456 e. The van der Waals surface area contributed by atoms with Crippen molar-refractivity contribution in [1.82, 2.24) is 0 Å². The van der Waals surface area contributed by atoms with E-state index in [2.05, 4.69) is 288 Å². The first-order valence-electron chi connectivity index (χ1n) is 55.5.